The van der Waals surface area contributed by atoms with Gasteiger partial charge in [-0.3, -0.25) is 0 Å². The van der Waals surface area contributed by atoms with Gasteiger partial charge in [0.2, 0.25) is 0 Å². The Hall–Kier alpha value is -1.41. The van der Waals surface area contributed by atoms with Crippen LogP contribution in [0.2, 0.25) is 0 Å². The van der Waals surface area contributed by atoms with E-state index in [1.165, 1.54) is 14.6 Å². The van der Waals surface area contributed by atoms with Crippen molar-refractivity contribution in [1.29, 1.82) is 5.26 Å². The van der Waals surface area contributed by atoms with E-state index in [2.05, 4.69) is 23.6 Å². The van der Waals surface area contributed by atoms with E-state index in [0.717, 1.165) is 10.4 Å². The van der Waals surface area contributed by atoms with E-state index >= 15 is 0 Å². The predicted molar refractivity (Wildman–Crippen MR) is 75.7 cm³/mol. The fraction of sp³-hybridized carbons (Fsp3) is 0. The largest absolute Gasteiger partial charge is 0.192 e. The van der Waals surface area contributed by atoms with E-state index in [1.54, 1.807) is 34.0 Å². The van der Waals surface area contributed by atoms with Crippen LogP contribution in [0.4, 0.5) is 0 Å². The second kappa shape index (κ2) is 4.46. The Morgan fingerprint density at radius 3 is 2.24 bits per heavy atom. The van der Waals surface area contributed by atoms with Gasteiger partial charge >= 0.3 is 0 Å². The number of nitrogens with zero attached hydrogens (tertiary/aromatic N) is 1. The van der Waals surface area contributed by atoms with Crippen molar-refractivity contribution >= 4 is 34.0 Å². The molecular formula is C13H7NS3. The van der Waals surface area contributed by atoms with Crippen molar-refractivity contribution < 1.29 is 0 Å². The number of hydrogen-bond donors (Lipinski definition) is 0. The minimum absolute atomic E-state index is 0.779. The number of thiophene rings is 3. The fourth-order valence-corrected chi connectivity index (χ4v) is 4.41. The molecule has 0 radical (unpaired) electrons. The van der Waals surface area contributed by atoms with Gasteiger partial charge in [0.05, 0.1) is 10.4 Å². The molecule has 0 aliphatic carbocycles. The Labute approximate surface area is 111 Å². The standard InChI is InChI=1S/C13H7NS3/c14-8-9-7-12(10-3-1-5-15-10)17-13(9)11-4-2-6-16-11/h1-7H. The highest BCUT2D eigenvalue weighted by Crippen LogP contribution is 2.40. The molecule has 0 unspecified atom stereocenters. The maximum Gasteiger partial charge on any atom is 0.101 e. The highest BCUT2D eigenvalue weighted by atomic mass is 32.1. The summed E-state index contributed by atoms with van der Waals surface area (Å²) in [5, 5.41) is 13.3. The summed E-state index contributed by atoms with van der Waals surface area (Å²) in [7, 11) is 0. The summed E-state index contributed by atoms with van der Waals surface area (Å²) < 4.78 is 0. The molecule has 3 rings (SSSR count). The van der Waals surface area contributed by atoms with Crippen LogP contribution in [0.3, 0.4) is 0 Å². The van der Waals surface area contributed by atoms with Crippen molar-refractivity contribution in [2.75, 3.05) is 0 Å². The molecule has 3 aromatic rings. The minimum atomic E-state index is 0.779. The second-order valence-electron chi connectivity index (χ2n) is 3.42. The zero-order chi connectivity index (χ0) is 11.7. The van der Waals surface area contributed by atoms with Crippen molar-refractivity contribution in [2.45, 2.75) is 0 Å². The van der Waals surface area contributed by atoms with Gasteiger partial charge in [-0.2, -0.15) is 5.26 Å². The molecule has 0 atom stereocenters. The van der Waals surface area contributed by atoms with Crippen LogP contribution in [0.25, 0.3) is 19.5 Å². The third-order valence-electron chi connectivity index (χ3n) is 2.36. The molecule has 4 heteroatoms. The first-order chi connectivity index (χ1) is 8.38. The molecule has 0 bridgehead atoms. The molecule has 0 saturated carbocycles. The molecule has 3 heterocycles. The molecule has 0 N–H and O–H groups in total. The van der Waals surface area contributed by atoms with Crippen molar-refractivity contribution in [1.82, 2.24) is 0 Å². The number of rotatable bonds is 2. The van der Waals surface area contributed by atoms with Crippen LogP contribution in [0.5, 0.6) is 0 Å². The Kier molecular flexibility index (Phi) is 2.81. The minimum Gasteiger partial charge on any atom is -0.192 e. The van der Waals surface area contributed by atoms with Gasteiger partial charge in [-0.1, -0.05) is 12.1 Å². The van der Waals surface area contributed by atoms with E-state index in [1.807, 2.05) is 23.6 Å². The van der Waals surface area contributed by atoms with E-state index in [-0.39, 0.29) is 0 Å². The molecule has 0 fully saturated rings. The number of hydrogen-bond acceptors (Lipinski definition) is 4. The van der Waals surface area contributed by atoms with Crippen LogP contribution in [-0.2, 0) is 0 Å². The molecule has 0 spiro atoms. The summed E-state index contributed by atoms with van der Waals surface area (Å²) >= 11 is 5.09. The van der Waals surface area contributed by atoms with E-state index < -0.39 is 0 Å². The first kappa shape index (κ1) is 10.7. The van der Waals surface area contributed by atoms with Gasteiger partial charge < -0.3 is 0 Å². The van der Waals surface area contributed by atoms with Crippen molar-refractivity contribution in [3.05, 3.63) is 46.7 Å². The quantitative estimate of drug-likeness (QED) is 0.639. The Morgan fingerprint density at radius 1 is 0.941 bits per heavy atom. The third kappa shape index (κ3) is 1.93. The van der Waals surface area contributed by atoms with Crippen LogP contribution >= 0.6 is 34.0 Å². The fourth-order valence-electron chi connectivity index (χ4n) is 1.61. The van der Waals surface area contributed by atoms with Crippen LogP contribution < -0.4 is 0 Å². The van der Waals surface area contributed by atoms with Gasteiger partial charge in [0, 0.05) is 14.6 Å². The first-order valence-electron chi connectivity index (χ1n) is 5.00. The van der Waals surface area contributed by atoms with Crippen LogP contribution in [0.15, 0.2) is 41.1 Å². The van der Waals surface area contributed by atoms with Crippen LogP contribution in [0, 0.1) is 11.3 Å². The molecule has 0 saturated heterocycles. The lowest BCUT2D eigenvalue weighted by atomic mass is 10.2. The highest BCUT2D eigenvalue weighted by Gasteiger charge is 2.13. The monoisotopic (exact) mass is 273 g/mol. The molecule has 0 aliphatic heterocycles. The maximum atomic E-state index is 9.19. The first-order valence-corrected chi connectivity index (χ1v) is 7.58. The summed E-state index contributed by atoms with van der Waals surface area (Å²) in [6, 6.07) is 12.5. The Morgan fingerprint density at radius 2 is 1.65 bits per heavy atom. The highest BCUT2D eigenvalue weighted by molar-refractivity contribution is 7.26. The number of nitriles is 1. The molecule has 17 heavy (non-hydrogen) atoms. The molecule has 1 nitrogen and oxygen atoms in total. The lowest BCUT2D eigenvalue weighted by molar-refractivity contribution is 1.51. The van der Waals surface area contributed by atoms with Gasteiger partial charge in [0.25, 0.3) is 0 Å². The summed E-state index contributed by atoms with van der Waals surface area (Å²) in [6.45, 7) is 0. The van der Waals surface area contributed by atoms with E-state index in [0.29, 0.717) is 0 Å². The molecule has 0 aliphatic rings. The maximum absolute atomic E-state index is 9.19. The molecule has 0 aromatic carbocycles. The second-order valence-corrected chi connectivity index (χ2v) is 6.37. The molecular weight excluding hydrogens is 266 g/mol. The predicted octanol–water partition coefficient (Wildman–Crippen LogP) is 5.08. The summed E-state index contributed by atoms with van der Waals surface area (Å²) in [5.74, 6) is 0. The van der Waals surface area contributed by atoms with Gasteiger partial charge in [-0.15, -0.1) is 34.0 Å². The van der Waals surface area contributed by atoms with Gasteiger partial charge in [-0.25, -0.2) is 0 Å². The van der Waals surface area contributed by atoms with E-state index in [4.69, 9.17) is 0 Å². The average Bonchev–Trinajstić information content (AvgIpc) is 3.09. The average molecular weight is 273 g/mol. The smallest absolute Gasteiger partial charge is 0.101 e. The molecule has 82 valence electrons. The van der Waals surface area contributed by atoms with Crippen molar-refractivity contribution in [2.24, 2.45) is 0 Å². The summed E-state index contributed by atoms with van der Waals surface area (Å²) in [5.41, 5.74) is 0.779. The Bertz CT molecular complexity index is 654. The SMILES string of the molecule is N#Cc1cc(-c2cccs2)sc1-c1cccs1. The van der Waals surface area contributed by atoms with Gasteiger partial charge in [0.1, 0.15) is 6.07 Å². The lowest BCUT2D eigenvalue weighted by Gasteiger charge is -1.90. The lowest BCUT2D eigenvalue weighted by Crippen LogP contribution is -1.69. The van der Waals surface area contributed by atoms with Crippen LogP contribution in [0.1, 0.15) is 5.56 Å². The van der Waals surface area contributed by atoms with Gasteiger partial charge in [0.15, 0.2) is 0 Å². The topological polar surface area (TPSA) is 23.8 Å². The van der Waals surface area contributed by atoms with Gasteiger partial charge in [-0.05, 0) is 29.0 Å². The van der Waals surface area contributed by atoms with Crippen LogP contribution in [-0.4, -0.2) is 0 Å². The van der Waals surface area contributed by atoms with Crippen molar-refractivity contribution in [3.63, 3.8) is 0 Å². The Balaban J connectivity index is 2.15. The normalized spacial score (nSPS) is 10.3. The van der Waals surface area contributed by atoms with Crippen molar-refractivity contribution in [3.8, 4) is 25.6 Å². The zero-order valence-electron chi connectivity index (χ0n) is 8.71. The summed E-state index contributed by atoms with van der Waals surface area (Å²) in [6.07, 6.45) is 0. The van der Waals surface area contributed by atoms with E-state index in [9.17, 15) is 5.26 Å². The zero-order valence-corrected chi connectivity index (χ0v) is 11.2. The molecule has 3 aromatic heterocycles. The third-order valence-corrected chi connectivity index (χ3v) is 5.61. The summed E-state index contributed by atoms with van der Waals surface area (Å²) in [4.78, 5) is 4.68. The molecule has 0 amide bonds.